The molecule has 19 nitrogen and oxygen atoms in total. The minimum atomic E-state index is -1.18. The molecule has 5 aromatic carbocycles. The second-order valence-electron chi connectivity index (χ2n) is 29.2. The topological polar surface area (TPSA) is 284 Å². The molecule has 2 amide bonds. The number of hydrogen-bond acceptors (Lipinski definition) is 14. The molecule has 1 saturated heterocycles. The molecule has 540 valence electrons. The normalized spacial score (nSPS) is 22.7. The number of amides is 2. The zero-order valence-electron chi connectivity index (χ0n) is 59.6. The molecular weight excluding hydrogens is 1310 g/mol. The molecule has 21 heteroatoms. The lowest BCUT2D eigenvalue weighted by atomic mass is 9.46. The lowest BCUT2D eigenvalue weighted by molar-refractivity contribution is -0.167. The van der Waals surface area contributed by atoms with Gasteiger partial charge in [-0.1, -0.05) is 169 Å². The molecule has 2 aromatic heterocycles. The van der Waals surface area contributed by atoms with E-state index in [0.717, 1.165) is 91.3 Å². The van der Waals surface area contributed by atoms with E-state index >= 15 is 0 Å². The number of halogens is 1. The first-order valence-electron chi connectivity index (χ1n) is 35.9. The third-order valence-electron chi connectivity index (χ3n) is 22.0. The maximum atomic E-state index is 14.0. The van der Waals surface area contributed by atoms with Crippen LogP contribution in [0.25, 0.3) is 44.9 Å². The average Bonchev–Trinajstić information content (AvgIpc) is 1.45. The molecule has 6 N–H and O–H groups in total. The second-order valence-corrected chi connectivity index (χ2v) is 30.6. The van der Waals surface area contributed by atoms with Crippen LogP contribution in [0.5, 0.6) is 0 Å². The summed E-state index contributed by atoms with van der Waals surface area (Å²) in [4.78, 5) is 87.7. The maximum Gasteiger partial charge on any atom is 0.326 e. The minimum Gasteiger partial charge on any atom is -0.481 e. The standard InChI is InChI=1S/C33H35FN2O5.C24H29N5O3.C24H32O4S/c1-21(2)31-30(33(41)35-25-11-7-4-8-12-25)29(22-9-5-3-6-10-22)32(23-13-15-24(34)16-14-23)36(31)18-17-26(37)19-27(38)20-28(39)40;1-4-5-10-21(30)29(22(16(2)3)24(31)32)15-17-11-13-18(14-12-17)19-8-6-7-9-20(19)23-25-27-28-26-23;1-14(25)29-19-13-15-12-16(26)4-8-22(15,2)17-5-9-23(3)18(21(17)19)6-10-24(23)11-7-20(27)28-24/h3-16,21,26-27,37-38H,17-20H2,1-2H3,(H,35,41)(H,39,40);6-9,11-14,16,22H,4-5,10,15H2,1-3H3,(H,31,32)(H,25,26,27,28);12,17-19,21H,4-11,13H2,1-3H3/t26-,27-;22-;17-,18-,19+,21+,22-,23-,24+/m100/s1. The van der Waals surface area contributed by atoms with Crippen molar-refractivity contribution >= 4 is 58.1 Å². The lowest BCUT2D eigenvalue weighted by Gasteiger charge is -2.61. The summed E-state index contributed by atoms with van der Waals surface area (Å²) in [6.07, 6.45) is 9.49. The van der Waals surface area contributed by atoms with Crippen LogP contribution in [0.2, 0.25) is 0 Å². The summed E-state index contributed by atoms with van der Waals surface area (Å²) in [5.41, 5.74) is 9.53. The zero-order valence-corrected chi connectivity index (χ0v) is 60.4. The summed E-state index contributed by atoms with van der Waals surface area (Å²) >= 11 is 1.50. The fraction of sp³-hybridized carbons (Fsp3) is 0.457. The van der Waals surface area contributed by atoms with Gasteiger partial charge in [0.15, 0.2) is 10.9 Å². The number of carboxylic acid groups (broad SMARTS) is 2. The van der Waals surface area contributed by atoms with Crippen molar-refractivity contribution in [2.45, 2.75) is 200 Å². The number of anilines is 1. The van der Waals surface area contributed by atoms with Crippen molar-refractivity contribution in [2.24, 2.45) is 34.5 Å². The van der Waals surface area contributed by atoms with Crippen molar-refractivity contribution in [3.8, 4) is 44.9 Å². The number of ether oxygens (including phenoxy) is 1. The zero-order chi connectivity index (χ0) is 73.2. The van der Waals surface area contributed by atoms with Crippen LogP contribution in [0.1, 0.15) is 179 Å². The smallest absolute Gasteiger partial charge is 0.326 e. The Morgan fingerprint density at radius 1 is 0.784 bits per heavy atom. The Balaban J connectivity index is 0.000000167. The van der Waals surface area contributed by atoms with E-state index in [2.05, 4.69) is 39.8 Å². The number of thioether (sulfide) groups is 1. The van der Waals surface area contributed by atoms with Crippen LogP contribution in [-0.2, 0) is 46.6 Å². The quantitative estimate of drug-likeness (QED) is 0.0325. The Morgan fingerprint density at radius 2 is 1.44 bits per heavy atom. The lowest BCUT2D eigenvalue weighted by Crippen LogP contribution is -2.57. The van der Waals surface area contributed by atoms with Crippen LogP contribution in [-0.4, -0.2) is 120 Å². The van der Waals surface area contributed by atoms with E-state index in [0.29, 0.717) is 70.9 Å². The van der Waals surface area contributed by atoms with Gasteiger partial charge in [0.05, 0.1) is 29.9 Å². The third-order valence-corrected chi connectivity index (χ3v) is 23.1. The molecule has 0 radical (unpaired) electrons. The van der Waals surface area contributed by atoms with Crippen LogP contribution in [0, 0.1) is 40.3 Å². The summed E-state index contributed by atoms with van der Waals surface area (Å²) in [5, 5.41) is 57.2. The Labute approximate surface area is 600 Å². The molecule has 7 aromatic rings. The monoisotopic (exact) mass is 1410 g/mol. The van der Waals surface area contributed by atoms with Gasteiger partial charge in [-0.2, -0.15) is 5.21 Å². The van der Waals surface area contributed by atoms with E-state index in [1.807, 2.05) is 154 Å². The van der Waals surface area contributed by atoms with Crippen LogP contribution >= 0.6 is 11.8 Å². The van der Waals surface area contributed by atoms with Crippen molar-refractivity contribution in [1.29, 1.82) is 0 Å². The summed E-state index contributed by atoms with van der Waals surface area (Å²) < 4.78 is 22.1. The number of fused-ring (bicyclic) bond motifs is 6. The molecule has 0 unspecified atom stereocenters. The highest BCUT2D eigenvalue weighted by Crippen LogP contribution is 2.71. The molecular formula is C81H96FN7O12S. The number of aromatic nitrogens is 5. The van der Waals surface area contributed by atoms with Gasteiger partial charge in [0.2, 0.25) is 11.7 Å². The molecule has 4 aliphatic carbocycles. The molecule has 4 fully saturated rings. The van der Waals surface area contributed by atoms with Gasteiger partial charge in [0, 0.05) is 72.4 Å². The second kappa shape index (κ2) is 33.0. The first-order chi connectivity index (χ1) is 48.8. The van der Waals surface area contributed by atoms with E-state index in [9.17, 15) is 53.3 Å². The Hall–Kier alpha value is -8.92. The first kappa shape index (κ1) is 75.7. The van der Waals surface area contributed by atoms with E-state index in [-0.39, 0.29) is 93.9 Å². The predicted octanol–water partition coefficient (Wildman–Crippen LogP) is 15.3. The van der Waals surface area contributed by atoms with E-state index in [1.54, 1.807) is 19.1 Å². The molecule has 5 aliphatic rings. The van der Waals surface area contributed by atoms with Gasteiger partial charge < -0.3 is 39.9 Å². The summed E-state index contributed by atoms with van der Waals surface area (Å²) in [6, 6.07) is 39.5. The molecule has 3 heterocycles. The predicted molar refractivity (Wildman–Crippen MR) is 391 cm³/mol. The number of allylic oxidation sites excluding steroid dienone is 1. The number of unbranched alkanes of at least 4 members (excludes halogenated alkanes) is 1. The summed E-state index contributed by atoms with van der Waals surface area (Å²) in [5.74, 6) is -1.05. The molecule has 0 bridgehead atoms. The third kappa shape index (κ3) is 16.7. The summed E-state index contributed by atoms with van der Waals surface area (Å²) in [7, 11) is 0. The average molecular weight is 1410 g/mol. The van der Waals surface area contributed by atoms with Crippen molar-refractivity contribution in [1.82, 2.24) is 30.1 Å². The number of aromatic amines is 1. The number of aliphatic hydroxyl groups is 2. The molecule has 1 spiro atoms. The summed E-state index contributed by atoms with van der Waals surface area (Å²) in [6.45, 7) is 16.6. The number of H-pyrrole nitrogens is 1. The van der Waals surface area contributed by atoms with Crippen LogP contribution in [0.4, 0.5) is 10.1 Å². The fourth-order valence-electron chi connectivity index (χ4n) is 17.1. The van der Waals surface area contributed by atoms with Gasteiger partial charge in [-0.15, -0.1) is 10.2 Å². The van der Waals surface area contributed by atoms with Crippen molar-refractivity contribution in [2.75, 3.05) is 5.32 Å². The molecule has 3 saturated carbocycles. The fourth-order valence-corrected chi connectivity index (χ4v) is 18.3. The van der Waals surface area contributed by atoms with E-state index in [4.69, 9.17) is 9.84 Å². The van der Waals surface area contributed by atoms with Gasteiger partial charge in [-0.05, 0) is 175 Å². The number of carboxylic acids is 2. The van der Waals surface area contributed by atoms with E-state index in [1.165, 1.54) is 34.4 Å². The number of tetrazole rings is 1. The largest absolute Gasteiger partial charge is 0.481 e. The van der Waals surface area contributed by atoms with Gasteiger partial charge in [0.25, 0.3) is 5.91 Å². The van der Waals surface area contributed by atoms with Gasteiger partial charge in [-0.25, -0.2) is 9.18 Å². The van der Waals surface area contributed by atoms with Crippen LogP contribution in [0.15, 0.2) is 145 Å². The number of ketones is 1. The molecule has 1 aliphatic heterocycles. The number of esters is 1. The van der Waals surface area contributed by atoms with Gasteiger partial charge in [-0.3, -0.25) is 28.8 Å². The SMILES string of the molecule is CC(=O)S[C@@H]1CC2=CC(=O)CC[C@]2(C)[C@H]2CC[C@@]3(C)[C@@H](CC[C@@]34CCC(=O)O4)[C@H]12.CC(C)c1c(C(=O)Nc2ccccc2)c(-c2ccccc2)c(-c2ccc(F)cc2)n1CC[C@@H](O)C[C@@H](O)CC(=O)O.CCCCC(=O)N(Cc1ccc(-c2ccccc2-c2nn[nH]n2)cc1)[C@H](C(=O)O)C(C)C. The maximum absolute atomic E-state index is 14.0. The number of carbonyl (C=O) groups is 7. The van der Waals surface area contributed by atoms with Gasteiger partial charge in [0.1, 0.15) is 17.5 Å². The number of hydrogen-bond donors (Lipinski definition) is 6. The number of nitrogens with one attached hydrogen (secondary N) is 2. The van der Waals surface area contributed by atoms with Crippen LogP contribution < -0.4 is 5.32 Å². The Bertz CT molecular complexity index is 4150. The number of rotatable bonds is 23. The number of benzene rings is 5. The van der Waals surface area contributed by atoms with E-state index < -0.39 is 36.6 Å². The number of carbonyl (C=O) groups excluding carboxylic acids is 5. The molecule has 10 atom stereocenters. The number of nitrogens with zero attached hydrogens (tertiary/aromatic N) is 5. The highest BCUT2D eigenvalue weighted by Gasteiger charge is 2.68. The Morgan fingerprint density at radius 3 is 2.05 bits per heavy atom. The van der Waals surface area contributed by atoms with Gasteiger partial charge >= 0.3 is 17.9 Å². The molecule has 12 rings (SSSR count). The van der Waals surface area contributed by atoms with Crippen LogP contribution in [0.3, 0.4) is 0 Å². The first-order valence-corrected chi connectivity index (χ1v) is 36.7. The highest BCUT2D eigenvalue weighted by atomic mass is 32.2. The van der Waals surface area contributed by atoms with Crippen molar-refractivity contribution in [3.63, 3.8) is 0 Å². The minimum absolute atomic E-state index is 0.0119. The van der Waals surface area contributed by atoms with Crippen molar-refractivity contribution in [3.05, 3.63) is 168 Å². The number of aliphatic carboxylic acids is 2. The van der Waals surface area contributed by atoms with Crippen molar-refractivity contribution < 1.29 is 63.1 Å². The molecule has 102 heavy (non-hydrogen) atoms. The highest BCUT2D eigenvalue weighted by molar-refractivity contribution is 8.14. The number of aliphatic hydroxyl groups excluding tert-OH is 2. The number of para-hydroxylation sites is 1. The Kier molecular flexibility index (Phi) is 24.5.